The van der Waals surface area contributed by atoms with Crippen LogP contribution in [0.4, 0.5) is 0 Å². The maximum atomic E-state index is 11.9. The van der Waals surface area contributed by atoms with E-state index in [1.807, 2.05) is 0 Å². The zero-order chi connectivity index (χ0) is 10.5. The van der Waals surface area contributed by atoms with E-state index in [-0.39, 0.29) is 0 Å². The normalized spacial score (nSPS) is 39.8. The SMILES string of the molecule is NC12CCCC(C1)C1=C(CCCC1=O)O2. The molecule has 3 nitrogen and oxygen atoms in total. The minimum absolute atomic E-state index is 0.310. The van der Waals surface area contributed by atoms with Crippen molar-refractivity contribution >= 4 is 5.78 Å². The molecule has 0 aromatic heterocycles. The number of rotatable bonds is 0. The van der Waals surface area contributed by atoms with E-state index in [4.69, 9.17) is 10.5 Å². The first-order chi connectivity index (χ1) is 7.18. The van der Waals surface area contributed by atoms with Crippen LogP contribution in [0.2, 0.25) is 0 Å². The van der Waals surface area contributed by atoms with Gasteiger partial charge in [-0.2, -0.15) is 0 Å². The molecule has 1 heterocycles. The summed E-state index contributed by atoms with van der Waals surface area (Å²) in [6.07, 6.45) is 6.54. The van der Waals surface area contributed by atoms with Crippen LogP contribution in [0.15, 0.2) is 11.3 Å². The summed E-state index contributed by atoms with van der Waals surface area (Å²) in [5.74, 6) is 1.62. The van der Waals surface area contributed by atoms with Crippen molar-refractivity contribution in [1.29, 1.82) is 0 Å². The topological polar surface area (TPSA) is 52.3 Å². The van der Waals surface area contributed by atoms with E-state index in [2.05, 4.69) is 0 Å². The first-order valence-corrected chi connectivity index (χ1v) is 5.92. The average Bonchev–Trinajstić information content (AvgIpc) is 2.16. The molecule has 3 rings (SSSR count). The van der Waals surface area contributed by atoms with Gasteiger partial charge in [-0.15, -0.1) is 0 Å². The third-order valence-corrected chi connectivity index (χ3v) is 3.89. The lowest BCUT2D eigenvalue weighted by Gasteiger charge is -2.45. The maximum absolute atomic E-state index is 11.9. The van der Waals surface area contributed by atoms with Crippen molar-refractivity contribution in [3.8, 4) is 0 Å². The van der Waals surface area contributed by atoms with Crippen molar-refractivity contribution in [1.82, 2.24) is 0 Å². The standard InChI is InChI=1S/C12H17NO2/c13-12-6-2-3-8(7-12)11-9(14)4-1-5-10(11)15-12/h8H,1-7,13H2. The highest BCUT2D eigenvalue weighted by Gasteiger charge is 2.44. The summed E-state index contributed by atoms with van der Waals surface area (Å²) >= 11 is 0. The Balaban J connectivity index is 2.02. The number of allylic oxidation sites excluding steroid dienone is 2. The van der Waals surface area contributed by atoms with E-state index in [1.165, 1.54) is 0 Å². The minimum Gasteiger partial charge on any atom is -0.477 e. The van der Waals surface area contributed by atoms with Crippen LogP contribution in [-0.4, -0.2) is 11.5 Å². The van der Waals surface area contributed by atoms with Gasteiger partial charge in [-0.3, -0.25) is 10.5 Å². The van der Waals surface area contributed by atoms with Gasteiger partial charge < -0.3 is 4.74 Å². The van der Waals surface area contributed by atoms with Gasteiger partial charge in [0.05, 0.1) is 0 Å². The molecule has 2 aliphatic carbocycles. The van der Waals surface area contributed by atoms with Gasteiger partial charge in [0.15, 0.2) is 11.5 Å². The van der Waals surface area contributed by atoms with Crippen molar-refractivity contribution in [3.63, 3.8) is 0 Å². The summed E-state index contributed by atoms with van der Waals surface area (Å²) in [5, 5.41) is 0. The molecule has 15 heavy (non-hydrogen) atoms. The van der Waals surface area contributed by atoms with Crippen molar-refractivity contribution in [2.75, 3.05) is 0 Å². The lowest BCUT2D eigenvalue weighted by atomic mass is 9.73. The Labute approximate surface area is 89.7 Å². The molecule has 2 N–H and O–H groups in total. The summed E-state index contributed by atoms with van der Waals surface area (Å²) in [6, 6.07) is 0. The van der Waals surface area contributed by atoms with Crippen LogP contribution in [0, 0.1) is 5.92 Å². The molecule has 1 fully saturated rings. The number of ketones is 1. The molecule has 2 bridgehead atoms. The number of hydrogen-bond donors (Lipinski definition) is 1. The number of hydrogen-bond acceptors (Lipinski definition) is 3. The van der Waals surface area contributed by atoms with E-state index in [1.54, 1.807) is 0 Å². The molecule has 82 valence electrons. The smallest absolute Gasteiger partial charge is 0.162 e. The fourth-order valence-electron chi connectivity index (χ4n) is 3.25. The minimum atomic E-state index is -0.459. The van der Waals surface area contributed by atoms with E-state index < -0.39 is 5.72 Å². The third kappa shape index (κ3) is 1.41. The van der Waals surface area contributed by atoms with Gasteiger partial charge in [-0.1, -0.05) is 0 Å². The second-order valence-corrected chi connectivity index (χ2v) is 5.07. The monoisotopic (exact) mass is 207 g/mol. The number of ether oxygens (including phenoxy) is 1. The van der Waals surface area contributed by atoms with E-state index >= 15 is 0 Å². The number of nitrogens with two attached hydrogens (primary N) is 1. The second kappa shape index (κ2) is 3.08. The van der Waals surface area contributed by atoms with Gasteiger partial charge in [-0.05, 0) is 25.2 Å². The molecule has 0 aromatic rings. The fraction of sp³-hybridized carbons (Fsp3) is 0.750. The van der Waals surface area contributed by atoms with Crippen molar-refractivity contribution in [2.24, 2.45) is 11.7 Å². The highest BCUT2D eigenvalue weighted by molar-refractivity contribution is 5.97. The number of carbonyl (C=O) groups excluding carboxylic acids is 1. The Morgan fingerprint density at radius 2 is 2.20 bits per heavy atom. The van der Waals surface area contributed by atoms with Crippen molar-refractivity contribution in [3.05, 3.63) is 11.3 Å². The van der Waals surface area contributed by atoms with Crippen LogP contribution in [0.5, 0.6) is 0 Å². The molecular formula is C12H17NO2. The van der Waals surface area contributed by atoms with Crippen LogP contribution in [0.1, 0.15) is 44.9 Å². The van der Waals surface area contributed by atoms with E-state index in [0.29, 0.717) is 18.1 Å². The largest absolute Gasteiger partial charge is 0.477 e. The highest BCUT2D eigenvalue weighted by atomic mass is 16.5. The Morgan fingerprint density at radius 1 is 1.33 bits per heavy atom. The first-order valence-electron chi connectivity index (χ1n) is 5.92. The third-order valence-electron chi connectivity index (χ3n) is 3.89. The summed E-state index contributed by atoms with van der Waals surface area (Å²) < 4.78 is 5.86. The Morgan fingerprint density at radius 3 is 3.07 bits per heavy atom. The highest BCUT2D eigenvalue weighted by Crippen LogP contribution is 2.45. The van der Waals surface area contributed by atoms with Gasteiger partial charge in [0.25, 0.3) is 0 Å². The second-order valence-electron chi connectivity index (χ2n) is 5.07. The van der Waals surface area contributed by atoms with Crippen LogP contribution in [0.3, 0.4) is 0 Å². The molecule has 2 unspecified atom stereocenters. The summed E-state index contributed by atoms with van der Waals surface area (Å²) in [6.45, 7) is 0. The van der Waals surface area contributed by atoms with Crippen LogP contribution in [0.25, 0.3) is 0 Å². The van der Waals surface area contributed by atoms with Gasteiger partial charge >= 0.3 is 0 Å². The molecule has 0 spiro atoms. The van der Waals surface area contributed by atoms with Crippen molar-refractivity contribution in [2.45, 2.75) is 50.7 Å². The number of carbonyl (C=O) groups is 1. The molecule has 3 aliphatic rings. The molecule has 3 heteroatoms. The Kier molecular flexibility index (Phi) is 1.93. The summed E-state index contributed by atoms with van der Waals surface area (Å²) in [7, 11) is 0. The van der Waals surface area contributed by atoms with E-state index in [9.17, 15) is 4.79 Å². The molecule has 1 aliphatic heterocycles. The fourth-order valence-corrected chi connectivity index (χ4v) is 3.25. The quantitative estimate of drug-likeness (QED) is 0.659. The molecule has 0 saturated heterocycles. The van der Waals surface area contributed by atoms with Crippen LogP contribution >= 0.6 is 0 Å². The van der Waals surface area contributed by atoms with Gasteiger partial charge in [0.2, 0.25) is 0 Å². The lowest BCUT2D eigenvalue weighted by molar-refractivity contribution is -0.121. The summed E-state index contributed by atoms with van der Waals surface area (Å²) in [5.41, 5.74) is 6.71. The Bertz CT molecular complexity index is 348. The molecule has 0 aromatic carbocycles. The predicted molar refractivity (Wildman–Crippen MR) is 55.8 cm³/mol. The van der Waals surface area contributed by atoms with Crippen LogP contribution < -0.4 is 5.73 Å². The number of Topliss-reactive ketones (excluding diaryl/α,β-unsaturated/α-hetero) is 1. The Hall–Kier alpha value is -0.830. The molecular weight excluding hydrogens is 190 g/mol. The average molecular weight is 207 g/mol. The zero-order valence-corrected chi connectivity index (χ0v) is 8.92. The molecule has 0 radical (unpaired) electrons. The maximum Gasteiger partial charge on any atom is 0.162 e. The van der Waals surface area contributed by atoms with Crippen LogP contribution in [-0.2, 0) is 9.53 Å². The van der Waals surface area contributed by atoms with Gasteiger partial charge in [-0.25, -0.2) is 0 Å². The lowest BCUT2D eigenvalue weighted by Crippen LogP contribution is -2.51. The van der Waals surface area contributed by atoms with E-state index in [0.717, 1.165) is 49.9 Å². The van der Waals surface area contributed by atoms with Crippen molar-refractivity contribution < 1.29 is 9.53 Å². The van der Waals surface area contributed by atoms with Gasteiger partial charge in [0.1, 0.15) is 5.76 Å². The molecule has 1 saturated carbocycles. The first kappa shape index (κ1) is 9.40. The predicted octanol–water partition coefficient (Wildman–Crippen LogP) is 1.87. The van der Waals surface area contributed by atoms with Gasteiger partial charge in [0, 0.05) is 31.3 Å². The molecule has 2 atom stereocenters. The zero-order valence-electron chi connectivity index (χ0n) is 8.92. The molecule has 0 amide bonds. The number of fused-ring (bicyclic) bond motifs is 3. The summed E-state index contributed by atoms with van der Waals surface area (Å²) in [4.78, 5) is 11.9.